The Morgan fingerprint density at radius 2 is 2.28 bits per heavy atom. The van der Waals surface area contributed by atoms with Gasteiger partial charge in [-0.3, -0.25) is 0 Å². The van der Waals surface area contributed by atoms with Crippen LogP contribution in [0.15, 0.2) is 12.3 Å². The molecule has 0 radical (unpaired) electrons. The number of aryl methyl sites for hydroxylation is 1. The zero-order valence-corrected chi connectivity index (χ0v) is 11.3. The van der Waals surface area contributed by atoms with Gasteiger partial charge in [-0.05, 0) is 12.0 Å². The van der Waals surface area contributed by atoms with Gasteiger partial charge in [0.1, 0.15) is 11.3 Å². The average Bonchev–Trinajstić information content (AvgIpc) is 2.62. The topological polar surface area (TPSA) is 54.5 Å². The molecule has 0 fully saturated rings. The summed E-state index contributed by atoms with van der Waals surface area (Å²) >= 11 is 5.93. The lowest BCUT2D eigenvalue weighted by molar-refractivity contribution is 0.580. The number of aromatic nitrogens is 3. The zero-order chi connectivity index (χ0) is 13.1. The number of imidazole rings is 1. The molecule has 2 aromatic heterocycles. The van der Waals surface area contributed by atoms with Crippen LogP contribution in [0.25, 0.3) is 11.2 Å². The summed E-state index contributed by atoms with van der Waals surface area (Å²) in [4.78, 5) is 8.89. The number of hydrogen-bond donors (Lipinski definition) is 0. The molecule has 0 aliphatic heterocycles. The predicted octanol–water partition coefficient (Wildman–Crippen LogP) is 3.20. The van der Waals surface area contributed by atoms with Crippen LogP contribution in [0, 0.1) is 17.2 Å². The summed E-state index contributed by atoms with van der Waals surface area (Å²) in [6.45, 7) is 4.92. The van der Waals surface area contributed by atoms with Crippen LogP contribution in [0.1, 0.15) is 26.1 Å². The van der Waals surface area contributed by atoms with Gasteiger partial charge in [-0.1, -0.05) is 25.4 Å². The van der Waals surface area contributed by atoms with Gasteiger partial charge in [0.05, 0.1) is 17.5 Å². The summed E-state index contributed by atoms with van der Waals surface area (Å²) in [7, 11) is 0. The molecule has 2 heterocycles. The molecule has 0 bridgehead atoms. The van der Waals surface area contributed by atoms with Crippen molar-refractivity contribution in [2.24, 2.45) is 5.92 Å². The highest BCUT2D eigenvalue weighted by Gasteiger charge is 2.13. The normalized spacial score (nSPS) is 11.1. The molecule has 0 atom stereocenters. The first-order valence-electron chi connectivity index (χ1n) is 5.99. The van der Waals surface area contributed by atoms with Crippen molar-refractivity contribution < 1.29 is 0 Å². The Kier molecular flexibility index (Phi) is 3.83. The minimum absolute atomic E-state index is 0.459. The van der Waals surface area contributed by atoms with Crippen LogP contribution in [0.5, 0.6) is 0 Å². The minimum Gasteiger partial charge on any atom is -0.312 e. The van der Waals surface area contributed by atoms with Gasteiger partial charge in [0.2, 0.25) is 0 Å². The largest absolute Gasteiger partial charge is 0.312 e. The fourth-order valence-electron chi connectivity index (χ4n) is 1.95. The maximum absolute atomic E-state index is 8.73. The maximum atomic E-state index is 8.73. The van der Waals surface area contributed by atoms with Gasteiger partial charge >= 0.3 is 0 Å². The molecule has 2 aromatic rings. The molecule has 0 unspecified atom stereocenters. The Morgan fingerprint density at radius 3 is 2.94 bits per heavy atom. The van der Waals surface area contributed by atoms with Gasteiger partial charge < -0.3 is 4.57 Å². The number of nitriles is 1. The third-order valence-corrected chi connectivity index (χ3v) is 2.88. The summed E-state index contributed by atoms with van der Waals surface area (Å²) in [6, 6.07) is 3.98. The number of pyridine rings is 1. The lowest BCUT2D eigenvalue weighted by atomic mass is 10.1. The minimum atomic E-state index is 0.459. The van der Waals surface area contributed by atoms with E-state index < -0.39 is 0 Å². The van der Waals surface area contributed by atoms with Crippen molar-refractivity contribution in [2.75, 3.05) is 0 Å². The first-order valence-corrected chi connectivity index (χ1v) is 6.37. The Bertz CT molecular complexity index is 595. The van der Waals surface area contributed by atoms with Crippen LogP contribution in [0.3, 0.4) is 0 Å². The van der Waals surface area contributed by atoms with Gasteiger partial charge in [-0.2, -0.15) is 5.26 Å². The van der Waals surface area contributed by atoms with E-state index in [0.717, 1.165) is 23.4 Å². The molecule has 0 aromatic carbocycles. The molecule has 2 rings (SSSR count). The van der Waals surface area contributed by atoms with Gasteiger partial charge in [-0.25, -0.2) is 9.97 Å². The van der Waals surface area contributed by atoms with E-state index >= 15 is 0 Å². The lowest BCUT2D eigenvalue weighted by Crippen LogP contribution is -2.07. The van der Waals surface area contributed by atoms with E-state index in [1.54, 1.807) is 6.20 Å². The van der Waals surface area contributed by atoms with Gasteiger partial charge in [0.25, 0.3) is 0 Å². The molecule has 18 heavy (non-hydrogen) atoms. The molecular formula is C13H15ClN4. The van der Waals surface area contributed by atoms with Crippen LogP contribution in [-0.4, -0.2) is 14.5 Å². The number of hydrogen-bond acceptors (Lipinski definition) is 3. The van der Waals surface area contributed by atoms with Crippen LogP contribution in [-0.2, 0) is 13.0 Å². The number of halogens is 1. The second-order valence-electron chi connectivity index (χ2n) is 4.68. The van der Waals surface area contributed by atoms with Crippen LogP contribution < -0.4 is 0 Å². The SMILES string of the molecule is CC(C)Cc1nc2cc(Cl)cnc2n1CCC#N. The first kappa shape index (κ1) is 12.8. The quantitative estimate of drug-likeness (QED) is 0.850. The van der Waals surface area contributed by atoms with E-state index in [2.05, 4.69) is 29.9 Å². The molecule has 0 saturated heterocycles. The molecule has 0 aliphatic rings. The highest BCUT2D eigenvalue weighted by Crippen LogP contribution is 2.20. The summed E-state index contributed by atoms with van der Waals surface area (Å²) in [5, 5.41) is 9.32. The number of rotatable bonds is 4. The van der Waals surface area contributed by atoms with E-state index in [1.165, 1.54) is 0 Å². The van der Waals surface area contributed by atoms with E-state index in [1.807, 2.05) is 10.6 Å². The molecule has 0 saturated carbocycles. The van der Waals surface area contributed by atoms with Crippen molar-refractivity contribution >= 4 is 22.8 Å². The molecule has 94 valence electrons. The van der Waals surface area contributed by atoms with Crippen molar-refractivity contribution in [3.63, 3.8) is 0 Å². The predicted molar refractivity (Wildman–Crippen MR) is 71.3 cm³/mol. The Hall–Kier alpha value is -1.60. The second-order valence-corrected chi connectivity index (χ2v) is 5.12. The standard InChI is InChI=1S/C13H15ClN4/c1-9(2)6-12-17-11-7-10(14)8-16-13(11)18(12)5-3-4-15/h7-9H,3,5-6H2,1-2H3. The summed E-state index contributed by atoms with van der Waals surface area (Å²) in [5.41, 5.74) is 1.61. The van der Waals surface area contributed by atoms with Gasteiger partial charge in [0, 0.05) is 19.2 Å². The number of nitrogens with zero attached hydrogens (tertiary/aromatic N) is 4. The Labute approximate surface area is 111 Å². The average molecular weight is 263 g/mol. The van der Waals surface area contributed by atoms with Crippen molar-refractivity contribution in [3.8, 4) is 6.07 Å². The highest BCUT2D eigenvalue weighted by molar-refractivity contribution is 6.31. The molecule has 0 N–H and O–H groups in total. The molecule has 0 aliphatic carbocycles. The first-order chi connectivity index (χ1) is 8.61. The van der Waals surface area contributed by atoms with Gasteiger partial charge in [-0.15, -0.1) is 0 Å². The van der Waals surface area contributed by atoms with Crippen molar-refractivity contribution in [2.45, 2.75) is 33.2 Å². The second kappa shape index (κ2) is 5.36. The fourth-order valence-corrected chi connectivity index (χ4v) is 2.10. The molecule has 5 heteroatoms. The monoisotopic (exact) mass is 262 g/mol. The highest BCUT2D eigenvalue weighted by atomic mass is 35.5. The van der Waals surface area contributed by atoms with Crippen molar-refractivity contribution in [3.05, 3.63) is 23.1 Å². The maximum Gasteiger partial charge on any atom is 0.160 e. The van der Waals surface area contributed by atoms with Crippen molar-refractivity contribution in [1.29, 1.82) is 5.26 Å². The number of fused-ring (bicyclic) bond motifs is 1. The molecule has 0 amide bonds. The van der Waals surface area contributed by atoms with E-state index in [9.17, 15) is 0 Å². The lowest BCUT2D eigenvalue weighted by Gasteiger charge is -2.08. The molecule has 4 nitrogen and oxygen atoms in total. The summed E-state index contributed by atoms with van der Waals surface area (Å²) in [6.07, 6.45) is 2.95. The molecule has 0 spiro atoms. The van der Waals surface area contributed by atoms with Crippen molar-refractivity contribution in [1.82, 2.24) is 14.5 Å². The van der Waals surface area contributed by atoms with E-state index in [4.69, 9.17) is 16.9 Å². The summed E-state index contributed by atoms with van der Waals surface area (Å²) in [5.74, 6) is 1.49. The Balaban J connectivity index is 2.49. The molecular weight excluding hydrogens is 248 g/mol. The summed E-state index contributed by atoms with van der Waals surface area (Å²) < 4.78 is 2.02. The van der Waals surface area contributed by atoms with Gasteiger partial charge in [0.15, 0.2) is 5.65 Å². The van der Waals surface area contributed by atoms with Crippen LogP contribution in [0.4, 0.5) is 0 Å². The zero-order valence-electron chi connectivity index (χ0n) is 10.5. The van der Waals surface area contributed by atoms with Crippen LogP contribution in [0.2, 0.25) is 5.02 Å². The smallest absolute Gasteiger partial charge is 0.160 e. The third kappa shape index (κ3) is 2.62. The third-order valence-electron chi connectivity index (χ3n) is 2.67. The van der Waals surface area contributed by atoms with E-state index in [-0.39, 0.29) is 0 Å². The Morgan fingerprint density at radius 1 is 1.50 bits per heavy atom. The van der Waals surface area contributed by atoms with E-state index in [0.29, 0.717) is 23.9 Å². The fraction of sp³-hybridized carbons (Fsp3) is 0.462. The van der Waals surface area contributed by atoms with Crippen LogP contribution >= 0.6 is 11.6 Å².